The van der Waals surface area contributed by atoms with Gasteiger partial charge in [0, 0.05) is 12.8 Å². The van der Waals surface area contributed by atoms with Gasteiger partial charge in [0.05, 0.1) is 6.61 Å². The Labute approximate surface area is 116 Å². The minimum atomic E-state index is -0.487. The van der Waals surface area contributed by atoms with Crippen molar-refractivity contribution in [1.29, 1.82) is 0 Å². The average molecular weight is 277 g/mol. The summed E-state index contributed by atoms with van der Waals surface area (Å²) in [6.45, 7) is 0.620. The van der Waals surface area contributed by atoms with Crippen LogP contribution in [0.4, 0.5) is 0 Å². The number of rotatable bonds is 4. The van der Waals surface area contributed by atoms with Gasteiger partial charge in [-0.2, -0.15) is 0 Å². The zero-order valence-electron chi connectivity index (χ0n) is 10.9. The van der Waals surface area contributed by atoms with Crippen molar-refractivity contribution in [3.63, 3.8) is 0 Å². The van der Waals surface area contributed by atoms with Gasteiger partial charge in [-0.3, -0.25) is 4.79 Å². The van der Waals surface area contributed by atoms with Crippen LogP contribution in [0.2, 0.25) is 0 Å². The molecule has 0 bridgehead atoms. The quantitative estimate of drug-likeness (QED) is 0.823. The Morgan fingerprint density at radius 3 is 2.90 bits per heavy atom. The summed E-state index contributed by atoms with van der Waals surface area (Å²) >= 11 is 0. The van der Waals surface area contributed by atoms with Crippen LogP contribution >= 0.6 is 0 Å². The fourth-order valence-electron chi connectivity index (χ4n) is 2.25. The second kappa shape index (κ2) is 5.40. The highest BCUT2D eigenvalue weighted by Gasteiger charge is 2.27. The number of fused-ring (bicyclic) bond motifs is 1. The van der Waals surface area contributed by atoms with Crippen molar-refractivity contribution in [3.05, 3.63) is 23.8 Å². The van der Waals surface area contributed by atoms with Crippen molar-refractivity contribution < 1.29 is 23.8 Å². The summed E-state index contributed by atoms with van der Waals surface area (Å²) in [5, 5.41) is 2.68. The molecule has 3 rings (SSSR count). The van der Waals surface area contributed by atoms with E-state index >= 15 is 0 Å². The van der Waals surface area contributed by atoms with E-state index in [9.17, 15) is 9.59 Å². The lowest BCUT2D eigenvalue weighted by Crippen LogP contribution is -2.37. The maximum absolute atomic E-state index is 11.8. The second-order valence-corrected chi connectivity index (χ2v) is 4.76. The third-order valence-electron chi connectivity index (χ3n) is 3.35. The molecule has 20 heavy (non-hydrogen) atoms. The molecule has 2 heterocycles. The van der Waals surface area contributed by atoms with E-state index in [-0.39, 0.29) is 18.7 Å². The number of ether oxygens (including phenoxy) is 3. The molecule has 0 unspecified atom stereocenters. The zero-order chi connectivity index (χ0) is 13.9. The van der Waals surface area contributed by atoms with Crippen LogP contribution in [-0.2, 0) is 20.7 Å². The van der Waals surface area contributed by atoms with Gasteiger partial charge < -0.3 is 19.5 Å². The van der Waals surface area contributed by atoms with Gasteiger partial charge in [-0.05, 0) is 24.1 Å². The number of cyclic esters (lactones) is 1. The number of nitrogens with one attached hydrogen (secondary N) is 1. The standard InChI is InChI=1S/C14H15NO5/c16-13(15-10-5-6-18-14(10)17)4-2-9-1-3-11-12(7-9)20-8-19-11/h1,3,7,10H,2,4-6,8H2,(H,15,16)/t10-/m0/s1. The zero-order valence-corrected chi connectivity index (χ0v) is 10.9. The normalized spacial score (nSPS) is 19.8. The van der Waals surface area contributed by atoms with E-state index in [1.165, 1.54) is 0 Å². The third-order valence-corrected chi connectivity index (χ3v) is 3.35. The lowest BCUT2D eigenvalue weighted by molar-refractivity contribution is -0.141. The van der Waals surface area contributed by atoms with Crippen LogP contribution < -0.4 is 14.8 Å². The average Bonchev–Trinajstić information content (AvgIpc) is 3.05. The molecule has 2 aliphatic heterocycles. The molecule has 2 aliphatic rings. The van der Waals surface area contributed by atoms with Crippen LogP contribution in [0.5, 0.6) is 11.5 Å². The molecule has 0 aromatic heterocycles. The Bertz CT molecular complexity index is 542. The van der Waals surface area contributed by atoms with Gasteiger partial charge in [-0.25, -0.2) is 4.79 Å². The Kier molecular flexibility index (Phi) is 3.45. The number of carbonyl (C=O) groups excluding carboxylic acids is 2. The third kappa shape index (κ3) is 2.68. The Balaban J connectivity index is 1.51. The SMILES string of the molecule is O=C(CCc1ccc2c(c1)OCO2)N[C@H]1CCOC1=O. The Morgan fingerprint density at radius 1 is 1.25 bits per heavy atom. The van der Waals surface area contributed by atoms with Crippen molar-refractivity contribution in [2.75, 3.05) is 13.4 Å². The molecule has 0 saturated carbocycles. The first kappa shape index (κ1) is 12.8. The molecule has 6 nitrogen and oxygen atoms in total. The van der Waals surface area contributed by atoms with Gasteiger partial charge in [0.25, 0.3) is 0 Å². The minimum Gasteiger partial charge on any atom is -0.464 e. The number of hydrogen-bond donors (Lipinski definition) is 1. The van der Waals surface area contributed by atoms with Crippen molar-refractivity contribution in [3.8, 4) is 11.5 Å². The number of amides is 1. The molecule has 1 fully saturated rings. The first-order chi connectivity index (χ1) is 9.72. The number of hydrogen-bond acceptors (Lipinski definition) is 5. The summed E-state index contributed by atoms with van der Waals surface area (Å²) < 4.78 is 15.3. The van der Waals surface area contributed by atoms with Crippen LogP contribution in [0.1, 0.15) is 18.4 Å². The van der Waals surface area contributed by atoms with E-state index < -0.39 is 6.04 Å². The molecular weight excluding hydrogens is 262 g/mol. The first-order valence-corrected chi connectivity index (χ1v) is 6.57. The van der Waals surface area contributed by atoms with Crippen LogP contribution in [0.25, 0.3) is 0 Å². The molecule has 0 spiro atoms. The fraction of sp³-hybridized carbons (Fsp3) is 0.429. The van der Waals surface area contributed by atoms with E-state index in [2.05, 4.69) is 5.32 Å². The largest absolute Gasteiger partial charge is 0.464 e. The smallest absolute Gasteiger partial charge is 0.328 e. The molecule has 1 aromatic carbocycles. The van der Waals surface area contributed by atoms with E-state index in [0.29, 0.717) is 31.6 Å². The predicted octanol–water partition coefficient (Wildman–Crippen LogP) is 0.780. The topological polar surface area (TPSA) is 73.9 Å². The van der Waals surface area contributed by atoms with Gasteiger partial charge in [0.15, 0.2) is 11.5 Å². The fourth-order valence-corrected chi connectivity index (χ4v) is 2.25. The summed E-state index contributed by atoms with van der Waals surface area (Å²) in [7, 11) is 0. The summed E-state index contributed by atoms with van der Waals surface area (Å²) in [6.07, 6.45) is 1.46. The van der Waals surface area contributed by atoms with Gasteiger partial charge in [0.2, 0.25) is 12.7 Å². The van der Waals surface area contributed by atoms with Crippen LogP contribution in [0, 0.1) is 0 Å². The second-order valence-electron chi connectivity index (χ2n) is 4.76. The van der Waals surface area contributed by atoms with Crippen molar-refractivity contribution >= 4 is 11.9 Å². The van der Waals surface area contributed by atoms with Gasteiger partial charge in [-0.15, -0.1) is 0 Å². The number of aryl methyl sites for hydroxylation is 1. The summed E-state index contributed by atoms with van der Waals surface area (Å²) in [5.41, 5.74) is 0.999. The molecular formula is C14H15NO5. The number of esters is 1. The van der Waals surface area contributed by atoms with Crippen molar-refractivity contribution in [2.45, 2.75) is 25.3 Å². The summed E-state index contributed by atoms with van der Waals surface area (Å²) in [4.78, 5) is 23.0. The van der Waals surface area contributed by atoms with E-state index in [1.54, 1.807) is 0 Å². The first-order valence-electron chi connectivity index (χ1n) is 6.57. The lowest BCUT2D eigenvalue weighted by Gasteiger charge is -2.08. The molecule has 1 aromatic rings. The highest BCUT2D eigenvalue weighted by Crippen LogP contribution is 2.32. The minimum absolute atomic E-state index is 0.147. The maximum Gasteiger partial charge on any atom is 0.328 e. The monoisotopic (exact) mass is 277 g/mol. The molecule has 1 N–H and O–H groups in total. The predicted molar refractivity (Wildman–Crippen MR) is 68.4 cm³/mol. The number of carbonyl (C=O) groups is 2. The molecule has 1 atom stereocenters. The van der Waals surface area contributed by atoms with Crippen molar-refractivity contribution in [1.82, 2.24) is 5.32 Å². The summed E-state index contributed by atoms with van der Waals surface area (Å²) in [6, 6.07) is 5.13. The Morgan fingerprint density at radius 2 is 2.10 bits per heavy atom. The van der Waals surface area contributed by atoms with Gasteiger partial charge in [-0.1, -0.05) is 6.07 Å². The highest BCUT2D eigenvalue weighted by molar-refractivity contribution is 5.85. The van der Waals surface area contributed by atoms with Crippen LogP contribution in [0.3, 0.4) is 0 Å². The highest BCUT2D eigenvalue weighted by atomic mass is 16.7. The Hall–Kier alpha value is -2.24. The van der Waals surface area contributed by atoms with Crippen LogP contribution in [-0.4, -0.2) is 31.3 Å². The van der Waals surface area contributed by atoms with Crippen LogP contribution in [0.15, 0.2) is 18.2 Å². The molecule has 106 valence electrons. The lowest BCUT2D eigenvalue weighted by atomic mass is 10.1. The molecule has 1 amide bonds. The summed E-state index contributed by atoms with van der Waals surface area (Å²) in [5.74, 6) is 0.946. The molecule has 1 saturated heterocycles. The maximum atomic E-state index is 11.8. The number of benzene rings is 1. The van der Waals surface area contributed by atoms with Gasteiger partial charge in [0.1, 0.15) is 6.04 Å². The van der Waals surface area contributed by atoms with Crippen molar-refractivity contribution in [2.24, 2.45) is 0 Å². The molecule has 6 heteroatoms. The van der Waals surface area contributed by atoms with E-state index in [4.69, 9.17) is 14.2 Å². The molecule has 0 aliphatic carbocycles. The van der Waals surface area contributed by atoms with Gasteiger partial charge >= 0.3 is 5.97 Å². The van der Waals surface area contributed by atoms with E-state index in [1.807, 2.05) is 18.2 Å². The van der Waals surface area contributed by atoms with E-state index in [0.717, 1.165) is 11.3 Å². The molecule has 0 radical (unpaired) electrons.